The van der Waals surface area contributed by atoms with Gasteiger partial charge in [0.15, 0.2) is 0 Å². The molecule has 0 spiro atoms. The van der Waals surface area contributed by atoms with Crippen LogP contribution in [0.1, 0.15) is 457 Å². The van der Waals surface area contributed by atoms with Crippen LogP contribution in [0.4, 0.5) is 0 Å². The fourth-order valence-corrected chi connectivity index (χ4v) is 24.9. The Morgan fingerprint density at radius 2 is 0.565 bits per heavy atom. The van der Waals surface area contributed by atoms with Crippen LogP contribution >= 0.6 is 69.7 Å². The molecular formula is C98H150N4S6. The second kappa shape index (κ2) is 48.5. The van der Waals surface area contributed by atoms with Gasteiger partial charge in [-0.3, -0.25) is 0 Å². The Morgan fingerprint density at radius 3 is 0.907 bits per heavy atom. The van der Waals surface area contributed by atoms with E-state index in [9.17, 15) is 0 Å². The molecule has 0 saturated carbocycles. The minimum absolute atomic E-state index is 0.0985. The average molecular weight is 1580 g/mol. The highest BCUT2D eigenvalue weighted by atomic mass is 32.2. The van der Waals surface area contributed by atoms with E-state index in [-0.39, 0.29) is 10.8 Å². The molecule has 4 nitrogen and oxygen atoms in total. The number of hydrogen-bond donors (Lipinski definition) is 0. The van der Waals surface area contributed by atoms with Crippen molar-refractivity contribution in [2.24, 2.45) is 0 Å². The van der Waals surface area contributed by atoms with Crippen molar-refractivity contribution in [2.45, 2.75) is 438 Å². The Balaban J connectivity index is 1.01. The van der Waals surface area contributed by atoms with Crippen LogP contribution < -0.4 is 0 Å². The molecule has 4 aromatic heterocycles. The summed E-state index contributed by atoms with van der Waals surface area (Å²) >= 11 is 10.8. The van der Waals surface area contributed by atoms with Crippen molar-refractivity contribution in [1.29, 1.82) is 0 Å². The lowest BCUT2D eigenvalue weighted by molar-refractivity contribution is 0.393. The third-order valence-corrected chi connectivity index (χ3v) is 31.6. The molecule has 0 atom stereocenters. The van der Waals surface area contributed by atoms with Crippen molar-refractivity contribution in [3.8, 4) is 42.4 Å². The van der Waals surface area contributed by atoms with Gasteiger partial charge in [0.1, 0.15) is 22.1 Å². The lowest BCUT2D eigenvalue weighted by atomic mass is 9.68. The molecule has 4 heterocycles. The molecule has 7 aromatic rings. The molecule has 108 heavy (non-hydrogen) atoms. The Bertz CT molecular complexity index is 3670. The molecule has 598 valence electrons. The Hall–Kier alpha value is -2.86. The number of benzene rings is 3. The van der Waals surface area contributed by atoms with Crippen LogP contribution in [0.25, 0.3) is 70.1 Å². The van der Waals surface area contributed by atoms with E-state index >= 15 is 0 Å². The first kappa shape index (κ1) is 87.5. The summed E-state index contributed by atoms with van der Waals surface area (Å²) in [5, 5.41) is 0. The predicted octanol–water partition coefficient (Wildman–Crippen LogP) is 35.5. The van der Waals surface area contributed by atoms with Crippen LogP contribution in [0.3, 0.4) is 0 Å². The summed E-state index contributed by atoms with van der Waals surface area (Å²) in [4.78, 5) is 5.67. The van der Waals surface area contributed by atoms with Gasteiger partial charge in [-0.2, -0.15) is 17.5 Å². The molecule has 10 rings (SSSR count). The largest absolute Gasteiger partial charge is 0.173 e. The van der Waals surface area contributed by atoms with Gasteiger partial charge in [0.25, 0.3) is 0 Å². The number of hydrogen-bond acceptors (Lipinski definition) is 10. The average Bonchev–Trinajstić information content (AvgIpc) is 1.52. The van der Waals surface area contributed by atoms with Crippen LogP contribution in [0.2, 0.25) is 0 Å². The number of unbranched alkanes of at least 4 members (excludes halogenated alkanes) is 52. The van der Waals surface area contributed by atoms with Gasteiger partial charge in [0, 0.05) is 58.2 Å². The molecule has 0 bridgehead atoms. The number of aryl methyl sites for hydroxylation is 2. The number of fused-ring (bicyclic) bond motifs is 13. The number of nitrogens with zero attached hydrogens (tertiary/aromatic N) is 4. The topological polar surface area (TPSA) is 51.6 Å². The summed E-state index contributed by atoms with van der Waals surface area (Å²) in [6.07, 6.45) is 86.9. The Labute approximate surface area is 686 Å². The normalized spacial score (nSPS) is 13.8. The molecule has 0 radical (unpaired) electrons. The second-order valence-corrected chi connectivity index (χ2v) is 39.7. The number of thioether (sulfide) groups is 2. The standard InChI is InChI=1S/C98H150N4S6/c1-9-13-17-21-25-29-33-37-41-45-49-53-57-61-65-97(66-62-58-54-50-46-42-38-34-30-26-22-18-14-10-2)82-72-78-83(71-77(82)88-84(97)69-75(5)90-92(88)101-107-99-90)98(67-63-59-55-51-47-43-39-35-31-27-23-19-15-11-3,68-64-60-56-52-48-44-40-36-32-28-24-20-16-12-4)85-73-79(91-93(89(78)85)102-108-100-91)86-74-81-87(96(103-7)104-8)80-70-76(6)105-94(80)95(81)106-86/h69-74H,9-68H2,1-8H3. The van der Waals surface area contributed by atoms with Crippen LogP contribution in [0.5, 0.6) is 0 Å². The fourth-order valence-electron chi connectivity index (χ4n) is 19.8. The molecule has 0 aliphatic heterocycles. The Morgan fingerprint density at radius 1 is 0.287 bits per heavy atom. The minimum atomic E-state index is -0.159. The molecule has 0 saturated heterocycles. The van der Waals surface area contributed by atoms with E-state index < -0.39 is 0 Å². The zero-order chi connectivity index (χ0) is 75.4. The van der Waals surface area contributed by atoms with Crippen molar-refractivity contribution >= 4 is 97.3 Å². The van der Waals surface area contributed by atoms with Crippen LogP contribution in [0, 0.1) is 13.8 Å². The van der Waals surface area contributed by atoms with E-state index in [2.05, 4.69) is 90.5 Å². The van der Waals surface area contributed by atoms with Gasteiger partial charge in [-0.15, -0.1) is 46.2 Å². The van der Waals surface area contributed by atoms with Gasteiger partial charge in [-0.1, -0.05) is 393 Å². The van der Waals surface area contributed by atoms with Crippen molar-refractivity contribution < 1.29 is 0 Å². The van der Waals surface area contributed by atoms with E-state index in [0.717, 1.165) is 16.6 Å². The van der Waals surface area contributed by atoms with E-state index in [1.54, 1.807) is 22.3 Å². The summed E-state index contributed by atoms with van der Waals surface area (Å²) in [6, 6.07) is 16.2. The summed E-state index contributed by atoms with van der Waals surface area (Å²) in [5.41, 5.74) is 23.5. The number of rotatable bonds is 63. The van der Waals surface area contributed by atoms with E-state index in [1.807, 2.05) is 46.2 Å². The predicted molar refractivity (Wildman–Crippen MR) is 490 cm³/mol. The van der Waals surface area contributed by atoms with Gasteiger partial charge in [0.2, 0.25) is 0 Å². The number of thiophene rings is 2. The van der Waals surface area contributed by atoms with Gasteiger partial charge in [-0.05, 0) is 121 Å². The van der Waals surface area contributed by atoms with Crippen LogP contribution in [-0.4, -0.2) is 30.0 Å². The maximum absolute atomic E-state index is 5.62. The molecule has 10 heteroatoms. The molecule has 0 N–H and O–H groups in total. The molecule has 0 fully saturated rings. The summed E-state index contributed by atoms with van der Waals surface area (Å²) in [6.45, 7) is 14.0. The van der Waals surface area contributed by atoms with Gasteiger partial charge in [0.05, 0.1) is 33.2 Å². The first-order chi connectivity index (χ1) is 53.3. The van der Waals surface area contributed by atoms with E-state index in [1.165, 1.54) is 488 Å². The summed E-state index contributed by atoms with van der Waals surface area (Å²) in [7, 11) is 0. The molecule has 3 aliphatic rings. The quantitative estimate of drug-likeness (QED) is 0.0354. The zero-order valence-corrected chi connectivity index (χ0v) is 75.0. The highest BCUT2D eigenvalue weighted by Gasteiger charge is 2.50. The maximum atomic E-state index is 5.62. The maximum Gasteiger partial charge on any atom is 0.114 e. The minimum Gasteiger partial charge on any atom is -0.173 e. The summed E-state index contributed by atoms with van der Waals surface area (Å²) in [5.74, 6) is 0. The molecule has 0 unspecified atom stereocenters. The fraction of sp³-hybridized carbons (Fsp3) is 0.714. The molecule has 0 amide bonds. The van der Waals surface area contributed by atoms with E-state index in [4.69, 9.17) is 17.5 Å². The molecule has 3 aliphatic carbocycles. The van der Waals surface area contributed by atoms with Crippen LogP contribution in [0.15, 0.2) is 40.6 Å². The molecular weight excluding hydrogens is 1430 g/mol. The lowest BCUT2D eigenvalue weighted by Gasteiger charge is -2.35. The molecule has 3 aromatic carbocycles. The highest BCUT2D eigenvalue weighted by Crippen LogP contribution is 2.65. The SMILES string of the molecule is CCCCCCCCCCCCCCCCC1(CCCCCCCCCCCCCCCC)c2cc3c(cc2-c2c1cc(C)c1nsnc21)C(CCCCCCCCCCCCCCCC)(CCCCCCCCCCCCCCCC)c1cc(-c2cc4c(s2)-c2sc(C)cc2C4=C(SC)SC)c2nsnc2c1-3. The monoisotopic (exact) mass is 1580 g/mol. The van der Waals surface area contributed by atoms with Crippen molar-refractivity contribution in [1.82, 2.24) is 17.5 Å². The van der Waals surface area contributed by atoms with Gasteiger partial charge >= 0.3 is 0 Å². The first-order valence-corrected chi connectivity index (χ1v) is 51.7. The second-order valence-electron chi connectivity index (χ2n) is 34.4. The smallest absolute Gasteiger partial charge is 0.114 e. The van der Waals surface area contributed by atoms with Gasteiger partial charge in [-0.25, -0.2) is 0 Å². The number of aromatic nitrogens is 4. The van der Waals surface area contributed by atoms with Crippen molar-refractivity contribution in [3.63, 3.8) is 0 Å². The Kier molecular flexibility index (Phi) is 39.3. The van der Waals surface area contributed by atoms with Crippen molar-refractivity contribution in [3.05, 3.63) is 84.5 Å². The van der Waals surface area contributed by atoms with Crippen LogP contribution in [-0.2, 0) is 10.8 Å². The third-order valence-electron chi connectivity index (χ3n) is 26.0. The third kappa shape index (κ3) is 23.7. The summed E-state index contributed by atoms with van der Waals surface area (Å²) < 4.78 is 23.1. The van der Waals surface area contributed by atoms with E-state index in [0.29, 0.717) is 0 Å². The van der Waals surface area contributed by atoms with Gasteiger partial charge < -0.3 is 0 Å². The lowest BCUT2D eigenvalue weighted by Crippen LogP contribution is -2.27. The first-order valence-electron chi connectivity index (χ1n) is 46.1. The highest BCUT2D eigenvalue weighted by molar-refractivity contribution is 8.22. The zero-order valence-electron chi connectivity index (χ0n) is 70.1. The van der Waals surface area contributed by atoms with Crippen molar-refractivity contribution in [2.75, 3.05) is 12.5 Å².